The zero-order chi connectivity index (χ0) is 12.5. The van der Waals surface area contributed by atoms with Crippen LogP contribution in [0.15, 0.2) is 18.5 Å². The maximum Gasteiger partial charge on any atom is 0.0335 e. The lowest BCUT2D eigenvalue weighted by Crippen LogP contribution is -2.22. The minimum absolute atomic E-state index is 0.480. The molecule has 17 heavy (non-hydrogen) atoms. The molecule has 96 valence electrons. The molecule has 0 radical (unpaired) electrons. The van der Waals surface area contributed by atoms with E-state index in [1.807, 2.05) is 12.4 Å². The topological polar surface area (TPSA) is 24.9 Å². The van der Waals surface area contributed by atoms with E-state index >= 15 is 0 Å². The van der Waals surface area contributed by atoms with E-state index in [-0.39, 0.29) is 0 Å². The van der Waals surface area contributed by atoms with Gasteiger partial charge in [0.2, 0.25) is 0 Å². The number of aromatic nitrogens is 1. The van der Waals surface area contributed by atoms with Gasteiger partial charge >= 0.3 is 0 Å². The van der Waals surface area contributed by atoms with Crippen LogP contribution in [0.5, 0.6) is 0 Å². The van der Waals surface area contributed by atoms with Gasteiger partial charge in [0.1, 0.15) is 0 Å². The summed E-state index contributed by atoms with van der Waals surface area (Å²) in [6.45, 7) is 7.66. The van der Waals surface area contributed by atoms with Crippen molar-refractivity contribution in [2.45, 2.75) is 58.9 Å². The van der Waals surface area contributed by atoms with Crippen LogP contribution >= 0.6 is 0 Å². The van der Waals surface area contributed by atoms with Gasteiger partial charge in [0.25, 0.3) is 0 Å². The van der Waals surface area contributed by atoms with Crippen LogP contribution in [0, 0.1) is 6.92 Å². The third kappa shape index (κ3) is 5.31. The molecular formula is C15H26N2. The minimum Gasteiger partial charge on any atom is -0.310 e. The van der Waals surface area contributed by atoms with Crippen molar-refractivity contribution in [3.8, 4) is 0 Å². The number of pyridine rings is 1. The Bertz CT molecular complexity index is 310. The summed E-state index contributed by atoms with van der Waals surface area (Å²) in [5, 5.41) is 3.63. The van der Waals surface area contributed by atoms with Gasteiger partial charge in [0, 0.05) is 18.4 Å². The van der Waals surface area contributed by atoms with Gasteiger partial charge in [-0.15, -0.1) is 0 Å². The second-order valence-corrected chi connectivity index (χ2v) is 4.80. The van der Waals surface area contributed by atoms with Crippen LogP contribution in [0.2, 0.25) is 0 Å². The lowest BCUT2D eigenvalue weighted by atomic mass is 10.0. The van der Waals surface area contributed by atoms with Crippen molar-refractivity contribution in [2.75, 3.05) is 6.54 Å². The lowest BCUT2D eigenvalue weighted by molar-refractivity contribution is 0.473. The van der Waals surface area contributed by atoms with E-state index in [2.05, 4.69) is 37.1 Å². The number of nitrogens with one attached hydrogen (secondary N) is 1. The number of rotatable bonds is 8. The van der Waals surface area contributed by atoms with Crippen LogP contribution in [0.1, 0.15) is 63.1 Å². The maximum atomic E-state index is 4.30. The molecule has 0 aromatic carbocycles. The van der Waals surface area contributed by atoms with Crippen LogP contribution in [-0.2, 0) is 0 Å². The van der Waals surface area contributed by atoms with Gasteiger partial charge in [0.15, 0.2) is 0 Å². The van der Waals surface area contributed by atoms with Crippen molar-refractivity contribution < 1.29 is 0 Å². The first kappa shape index (κ1) is 14.2. The number of unbranched alkanes of at least 4 members (excludes halogenated alkanes) is 2. The molecule has 0 aliphatic rings. The molecule has 0 saturated heterocycles. The summed E-state index contributed by atoms with van der Waals surface area (Å²) in [6, 6.07) is 2.74. The van der Waals surface area contributed by atoms with Gasteiger partial charge < -0.3 is 5.32 Å². The Morgan fingerprint density at radius 2 is 2.00 bits per heavy atom. The lowest BCUT2D eigenvalue weighted by Gasteiger charge is -2.19. The highest BCUT2D eigenvalue weighted by Gasteiger charge is 2.10. The minimum atomic E-state index is 0.480. The van der Waals surface area contributed by atoms with Crippen molar-refractivity contribution in [1.29, 1.82) is 0 Å². The van der Waals surface area contributed by atoms with Crippen molar-refractivity contribution >= 4 is 0 Å². The first-order valence-electron chi connectivity index (χ1n) is 6.92. The van der Waals surface area contributed by atoms with Crippen molar-refractivity contribution in [2.24, 2.45) is 0 Å². The standard InChI is InChI=1S/C15H26N2/c1-4-6-7-8-15(17-9-5-2)14-10-13(3)11-16-12-14/h10-12,15,17H,4-9H2,1-3H3. The molecular weight excluding hydrogens is 208 g/mol. The Balaban J connectivity index is 2.60. The average molecular weight is 234 g/mol. The first-order valence-corrected chi connectivity index (χ1v) is 6.92. The molecule has 1 unspecified atom stereocenters. The van der Waals surface area contributed by atoms with Crippen molar-refractivity contribution in [1.82, 2.24) is 10.3 Å². The highest BCUT2D eigenvalue weighted by atomic mass is 14.9. The Hall–Kier alpha value is -0.890. The Morgan fingerprint density at radius 3 is 2.65 bits per heavy atom. The molecule has 1 atom stereocenters. The molecule has 0 bridgehead atoms. The third-order valence-electron chi connectivity index (χ3n) is 3.04. The van der Waals surface area contributed by atoms with Gasteiger partial charge in [-0.3, -0.25) is 4.98 Å². The van der Waals surface area contributed by atoms with E-state index in [9.17, 15) is 0 Å². The number of hydrogen-bond acceptors (Lipinski definition) is 2. The number of hydrogen-bond donors (Lipinski definition) is 1. The van der Waals surface area contributed by atoms with E-state index in [0.717, 1.165) is 6.54 Å². The summed E-state index contributed by atoms with van der Waals surface area (Å²) >= 11 is 0. The van der Waals surface area contributed by atoms with E-state index in [0.29, 0.717) is 6.04 Å². The maximum absolute atomic E-state index is 4.30. The van der Waals surface area contributed by atoms with E-state index in [1.54, 1.807) is 0 Å². The molecule has 0 aliphatic heterocycles. The molecule has 0 fully saturated rings. The van der Waals surface area contributed by atoms with Crippen molar-refractivity contribution in [3.05, 3.63) is 29.6 Å². The molecule has 1 heterocycles. The molecule has 1 N–H and O–H groups in total. The Kier molecular flexibility index (Phi) is 6.87. The Labute approximate surface area is 106 Å². The molecule has 0 spiro atoms. The van der Waals surface area contributed by atoms with Crippen molar-refractivity contribution in [3.63, 3.8) is 0 Å². The highest BCUT2D eigenvalue weighted by molar-refractivity contribution is 5.20. The fourth-order valence-corrected chi connectivity index (χ4v) is 2.07. The summed E-state index contributed by atoms with van der Waals surface area (Å²) in [6.07, 6.45) is 10.2. The number of aryl methyl sites for hydroxylation is 1. The van der Waals surface area contributed by atoms with Gasteiger partial charge in [0.05, 0.1) is 0 Å². The summed E-state index contributed by atoms with van der Waals surface area (Å²) in [5.41, 5.74) is 2.59. The monoisotopic (exact) mass is 234 g/mol. The fourth-order valence-electron chi connectivity index (χ4n) is 2.07. The first-order chi connectivity index (χ1) is 8.27. The zero-order valence-electron chi connectivity index (χ0n) is 11.5. The van der Waals surface area contributed by atoms with E-state index < -0.39 is 0 Å². The molecule has 1 aromatic heterocycles. The smallest absolute Gasteiger partial charge is 0.0335 e. The average Bonchev–Trinajstić information content (AvgIpc) is 2.33. The quantitative estimate of drug-likeness (QED) is 0.687. The summed E-state index contributed by atoms with van der Waals surface area (Å²) in [4.78, 5) is 4.30. The predicted molar refractivity (Wildman–Crippen MR) is 74.2 cm³/mol. The molecule has 0 aliphatic carbocycles. The molecule has 0 saturated carbocycles. The van der Waals surface area contributed by atoms with Gasteiger partial charge in [-0.05, 0) is 37.4 Å². The normalized spacial score (nSPS) is 12.6. The number of nitrogens with zero attached hydrogens (tertiary/aromatic N) is 1. The second-order valence-electron chi connectivity index (χ2n) is 4.80. The molecule has 1 aromatic rings. The van der Waals surface area contributed by atoms with E-state index in [1.165, 1.54) is 43.2 Å². The van der Waals surface area contributed by atoms with Crippen LogP contribution < -0.4 is 5.32 Å². The van der Waals surface area contributed by atoms with Crippen LogP contribution in [0.25, 0.3) is 0 Å². The SMILES string of the molecule is CCCCCC(NCCC)c1cncc(C)c1. The van der Waals surface area contributed by atoms with Crippen LogP contribution in [0.4, 0.5) is 0 Å². The molecule has 2 nitrogen and oxygen atoms in total. The highest BCUT2D eigenvalue weighted by Crippen LogP contribution is 2.20. The summed E-state index contributed by atoms with van der Waals surface area (Å²) in [7, 11) is 0. The molecule has 0 amide bonds. The fraction of sp³-hybridized carbons (Fsp3) is 0.667. The largest absolute Gasteiger partial charge is 0.310 e. The molecule has 1 rings (SSSR count). The van der Waals surface area contributed by atoms with Gasteiger partial charge in [-0.25, -0.2) is 0 Å². The Morgan fingerprint density at radius 1 is 1.18 bits per heavy atom. The van der Waals surface area contributed by atoms with Crippen LogP contribution in [-0.4, -0.2) is 11.5 Å². The van der Waals surface area contributed by atoms with Crippen LogP contribution in [0.3, 0.4) is 0 Å². The third-order valence-corrected chi connectivity index (χ3v) is 3.04. The zero-order valence-corrected chi connectivity index (χ0v) is 11.5. The predicted octanol–water partition coefficient (Wildman–Crippen LogP) is 4.01. The molecule has 2 heteroatoms. The second kappa shape index (κ2) is 8.24. The summed E-state index contributed by atoms with van der Waals surface area (Å²) < 4.78 is 0. The van der Waals surface area contributed by atoms with Gasteiger partial charge in [-0.2, -0.15) is 0 Å². The van der Waals surface area contributed by atoms with E-state index in [4.69, 9.17) is 0 Å². The summed E-state index contributed by atoms with van der Waals surface area (Å²) in [5.74, 6) is 0. The van der Waals surface area contributed by atoms with Gasteiger partial charge in [-0.1, -0.05) is 39.2 Å².